The second-order valence-electron chi connectivity index (χ2n) is 4.05. The monoisotopic (exact) mass is 308 g/mol. The predicted octanol–water partition coefficient (Wildman–Crippen LogP) is 2.43. The summed E-state index contributed by atoms with van der Waals surface area (Å²) in [5.74, 6) is 0.530. The van der Waals surface area contributed by atoms with Crippen molar-refractivity contribution in [2.45, 2.75) is 0 Å². The van der Waals surface area contributed by atoms with Crippen molar-refractivity contribution in [1.82, 2.24) is 19.7 Å². The number of methoxy groups -OCH3 is 1. The molecule has 1 aromatic carbocycles. The Hall–Kier alpha value is -2.12. The van der Waals surface area contributed by atoms with Gasteiger partial charge in [-0.2, -0.15) is 5.10 Å². The summed E-state index contributed by atoms with van der Waals surface area (Å²) in [5, 5.41) is 7.32. The number of halogens is 1. The molecule has 8 heteroatoms. The number of fused-ring (bicyclic) bond motifs is 1. The van der Waals surface area contributed by atoms with E-state index in [0.29, 0.717) is 27.5 Å². The van der Waals surface area contributed by atoms with Gasteiger partial charge in [0.05, 0.1) is 24.0 Å². The molecule has 0 bridgehead atoms. The summed E-state index contributed by atoms with van der Waals surface area (Å²) in [4.78, 5) is 15.3. The number of aromatic amines is 2. The minimum Gasteiger partial charge on any atom is -0.495 e. The number of ether oxygens (including phenoxy) is 1. The van der Waals surface area contributed by atoms with Gasteiger partial charge < -0.3 is 9.72 Å². The zero-order chi connectivity index (χ0) is 14.3. The fourth-order valence-corrected chi connectivity index (χ4v) is 2.49. The highest BCUT2D eigenvalue weighted by molar-refractivity contribution is 7.71. The molecule has 102 valence electrons. The Labute approximate surface area is 123 Å². The number of hydrogen-bond acceptors (Lipinski definition) is 4. The predicted molar refractivity (Wildman–Crippen MR) is 78.4 cm³/mol. The number of H-pyrrole nitrogens is 2. The van der Waals surface area contributed by atoms with Gasteiger partial charge in [-0.1, -0.05) is 11.6 Å². The van der Waals surface area contributed by atoms with E-state index in [1.165, 1.54) is 17.9 Å². The zero-order valence-electron chi connectivity index (χ0n) is 10.3. The van der Waals surface area contributed by atoms with Crippen LogP contribution in [0.2, 0.25) is 5.02 Å². The van der Waals surface area contributed by atoms with Gasteiger partial charge in [-0.3, -0.25) is 14.5 Å². The van der Waals surface area contributed by atoms with Gasteiger partial charge in [0.15, 0.2) is 4.77 Å². The molecule has 2 N–H and O–H groups in total. The second-order valence-corrected chi connectivity index (χ2v) is 4.84. The van der Waals surface area contributed by atoms with Crippen LogP contribution in [0.3, 0.4) is 0 Å². The first kappa shape index (κ1) is 12.9. The molecule has 0 amide bonds. The lowest BCUT2D eigenvalue weighted by Crippen LogP contribution is -2.20. The summed E-state index contributed by atoms with van der Waals surface area (Å²) < 4.78 is 6.70. The molecular formula is C12H9ClN4O2S. The van der Waals surface area contributed by atoms with Gasteiger partial charge in [-0.25, -0.2) is 0 Å². The standard InChI is InChI=1S/C12H9ClN4O2S/c1-19-9-3-2-6(4-8(9)13)17-11(18)7-5-14-16-10(7)15-12(17)20/h2-5H,1H3,(H2,14,15,16,20). The molecule has 0 fully saturated rings. The molecule has 0 aliphatic heterocycles. The molecule has 20 heavy (non-hydrogen) atoms. The molecule has 3 aromatic rings. The number of nitrogens with zero attached hydrogens (tertiary/aromatic N) is 2. The number of nitrogens with one attached hydrogen (secondary N) is 2. The van der Waals surface area contributed by atoms with Crippen molar-refractivity contribution in [3.05, 3.63) is 44.5 Å². The molecule has 0 saturated heterocycles. The normalized spacial score (nSPS) is 10.9. The molecule has 0 unspecified atom stereocenters. The number of hydrogen-bond donors (Lipinski definition) is 2. The van der Waals surface area contributed by atoms with E-state index in [-0.39, 0.29) is 10.3 Å². The van der Waals surface area contributed by atoms with Gasteiger partial charge in [0.1, 0.15) is 16.8 Å². The topological polar surface area (TPSA) is 75.7 Å². The lowest BCUT2D eigenvalue weighted by molar-refractivity contribution is 0.415. The quantitative estimate of drug-likeness (QED) is 0.713. The van der Waals surface area contributed by atoms with Crippen LogP contribution in [-0.2, 0) is 0 Å². The third-order valence-electron chi connectivity index (χ3n) is 2.90. The smallest absolute Gasteiger partial charge is 0.270 e. The summed E-state index contributed by atoms with van der Waals surface area (Å²) in [6, 6.07) is 5.01. The summed E-state index contributed by atoms with van der Waals surface area (Å²) in [5.41, 5.74) is 0.791. The highest BCUT2D eigenvalue weighted by Crippen LogP contribution is 2.26. The third kappa shape index (κ3) is 1.91. The maximum atomic E-state index is 12.4. The van der Waals surface area contributed by atoms with Crippen molar-refractivity contribution >= 4 is 34.9 Å². The van der Waals surface area contributed by atoms with Gasteiger partial charge in [-0.05, 0) is 30.4 Å². The number of benzene rings is 1. The number of aromatic nitrogens is 4. The van der Waals surface area contributed by atoms with E-state index >= 15 is 0 Å². The fraction of sp³-hybridized carbons (Fsp3) is 0.0833. The van der Waals surface area contributed by atoms with Crippen LogP contribution >= 0.6 is 23.8 Å². The van der Waals surface area contributed by atoms with Gasteiger partial charge in [0, 0.05) is 0 Å². The van der Waals surface area contributed by atoms with Crippen molar-refractivity contribution in [3.8, 4) is 11.4 Å². The molecule has 0 aliphatic carbocycles. The van der Waals surface area contributed by atoms with Crippen LogP contribution in [0.25, 0.3) is 16.7 Å². The van der Waals surface area contributed by atoms with E-state index in [4.69, 9.17) is 28.6 Å². The van der Waals surface area contributed by atoms with E-state index in [9.17, 15) is 4.79 Å². The van der Waals surface area contributed by atoms with Crippen LogP contribution in [0, 0.1) is 4.77 Å². The molecule has 0 saturated carbocycles. The lowest BCUT2D eigenvalue weighted by atomic mass is 10.3. The molecule has 0 aliphatic rings. The summed E-state index contributed by atoms with van der Waals surface area (Å²) in [7, 11) is 1.52. The van der Waals surface area contributed by atoms with Crippen LogP contribution in [0.5, 0.6) is 5.75 Å². The molecule has 0 radical (unpaired) electrons. The Kier molecular flexibility index (Phi) is 3.07. The van der Waals surface area contributed by atoms with E-state index in [1.54, 1.807) is 18.2 Å². The maximum Gasteiger partial charge on any atom is 0.270 e. The minimum atomic E-state index is -0.265. The summed E-state index contributed by atoms with van der Waals surface area (Å²) in [6.07, 6.45) is 1.45. The molecule has 0 spiro atoms. The fourth-order valence-electron chi connectivity index (χ4n) is 1.95. The minimum absolute atomic E-state index is 0.257. The van der Waals surface area contributed by atoms with E-state index in [0.717, 1.165) is 0 Å². The van der Waals surface area contributed by atoms with Crippen LogP contribution < -0.4 is 10.3 Å². The van der Waals surface area contributed by atoms with Crippen LogP contribution in [0.15, 0.2) is 29.2 Å². The SMILES string of the molecule is COc1ccc(-n2c(=S)[nH]c3[nH]ncc3c2=O)cc1Cl. The van der Waals surface area contributed by atoms with Crippen LogP contribution in [0.4, 0.5) is 0 Å². The average molecular weight is 309 g/mol. The molecule has 3 rings (SSSR count). The highest BCUT2D eigenvalue weighted by Gasteiger charge is 2.10. The summed E-state index contributed by atoms with van der Waals surface area (Å²) >= 11 is 11.3. The Morgan fingerprint density at radius 1 is 1.45 bits per heavy atom. The van der Waals surface area contributed by atoms with E-state index in [2.05, 4.69) is 15.2 Å². The first-order chi connectivity index (χ1) is 9.61. The maximum absolute atomic E-state index is 12.4. The molecule has 2 heterocycles. The van der Waals surface area contributed by atoms with Gasteiger partial charge in [0.2, 0.25) is 0 Å². The third-order valence-corrected chi connectivity index (χ3v) is 3.48. The first-order valence-corrected chi connectivity index (χ1v) is 6.43. The van der Waals surface area contributed by atoms with Gasteiger partial charge >= 0.3 is 0 Å². The Morgan fingerprint density at radius 2 is 2.25 bits per heavy atom. The highest BCUT2D eigenvalue weighted by atomic mass is 35.5. The van der Waals surface area contributed by atoms with Crippen molar-refractivity contribution in [2.24, 2.45) is 0 Å². The van der Waals surface area contributed by atoms with Crippen LogP contribution in [-0.4, -0.2) is 26.9 Å². The number of rotatable bonds is 2. The molecular weight excluding hydrogens is 300 g/mol. The summed E-state index contributed by atoms with van der Waals surface area (Å²) in [6.45, 7) is 0. The Bertz CT molecular complexity index is 912. The van der Waals surface area contributed by atoms with Crippen molar-refractivity contribution < 1.29 is 4.74 Å². The van der Waals surface area contributed by atoms with Gasteiger partial charge in [0.25, 0.3) is 5.56 Å². The van der Waals surface area contributed by atoms with Crippen LogP contribution in [0.1, 0.15) is 0 Å². The first-order valence-electron chi connectivity index (χ1n) is 5.64. The van der Waals surface area contributed by atoms with E-state index < -0.39 is 0 Å². The van der Waals surface area contributed by atoms with Crippen molar-refractivity contribution in [1.29, 1.82) is 0 Å². The van der Waals surface area contributed by atoms with Crippen molar-refractivity contribution in [2.75, 3.05) is 7.11 Å². The van der Waals surface area contributed by atoms with E-state index in [1.807, 2.05) is 0 Å². The Balaban J connectivity index is 2.32. The molecule has 2 aromatic heterocycles. The lowest BCUT2D eigenvalue weighted by Gasteiger charge is -2.08. The zero-order valence-corrected chi connectivity index (χ0v) is 11.9. The Morgan fingerprint density at radius 3 is 2.95 bits per heavy atom. The second kappa shape index (κ2) is 4.77. The van der Waals surface area contributed by atoms with Crippen molar-refractivity contribution in [3.63, 3.8) is 0 Å². The molecule has 6 nitrogen and oxygen atoms in total. The van der Waals surface area contributed by atoms with Gasteiger partial charge in [-0.15, -0.1) is 0 Å². The average Bonchev–Trinajstić information content (AvgIpc) is 2.87. The molecule has 0 atom stereocenters. The largest absolute Gasteiger partial charge is 0.495 e.